The molecule has 1 aromatic heterocycles. The minimum Gasteiger partial charge on any atom is -0.454 e. The first-order valence-corrected chi connectivity index (χ1v) is 8.16. The van der Waals surface area contributed by atoms with Gasteiger partial charge in [-0.05, 0) is 30.9 Å². The van der Waals surface area contributed by atoms with Crippen molar-refractivity contribution in [2.45, 2.75) is 38.4 Å². The lowest BCUT2D eigenvalue weighted by atomic mass is 10.1. The van der Waals surface area contributed by atoms with Gasteiger partial charge < -0.3 is 20.8 Å². The molecule has 0 radical (unpaired) electrons. The van der Waals surface area contributed by atoms with Crippen molar-refractivity contribution in [3.05, 3.63) is 23.7 Å². The highest BCUT2D eigenvalue weighted by atomic mass is 16.3. The molecule has 1 amide bonds. The summed E-state index contributed by atoms with van der Waals surface area (Å²) in [6.45, 7) is 4.96. The average molecular weight is 319 g/mol. The number of carbonyl (C=O) groups excluding carboxylic acids is 1. The van der Waals surface area contributed by atoms with Gasteiger partial charge in [0.2, 0.25) is 0 Å². The maximum absolute atomic E-state index is 11.0. The van der Waals surface area contributed by atoms with E-state index in [1.54, 1.807) is 19.2 Å². The lowest BCUT2D eigenvalue weighted by Crippen LogP contribution is -2.46. The first-order chi connectivity index (χ1) is 11.1. The molecule has 1 saturated carbocycles. The summed E-state index contributed by atoms with van der Waals surface area (Å²) in [5.41, 5.74) is 5.18. The molecule has 3 rings (SSSR count). The number of aliphatic imine (C=N–C) groups is 1. The number of rotatable bonds is 5. The molecular formula is C16H25N5O2. The van der Waals surface area contributed by atoms with E-state index in [2.05, 4.69) is 27.4 Å². The van der Waals surface area contributed by atoms with Crippen LogP contribution in [0.15, 0.2) is 21.5 Å². The fourth-order valence-corrected chi connectivity index (χ4v) is 3.08. The number of hydrogen-bond acceptors (Lipinski definition) is 4. The summed E-state index contributed by atoms with van der Waals surface area (Å²) in [6, 6.07) is 4.53. The van der Waals surface area contributed by atoms with E-state index in [0.717, 1.165) is 25.1 Å². The molecule has 0 aromatic carbocycles. The van der Waals surface area contributed by atoms with Crippen LogP contribution < -0.4 is 16.4 Å². The average Bonchev–Trinajstić information content (AvgIpc) is 3.15. The zero-order chi connectivity index (χ0) is 16.4. The number of likely N-dealkylation sites (tertiary alicyclic amines) is 1. The van der Waals surface area contributed by atoms with Crippen LogP contribution in [0.5, 0.6) is 0 Å². The van der Waals surface area contributed by atoms with E-state index in [1.807, 2.05) is 0 Å². The van der Waals surface area contributed by atoms with Crippen LogP contribution >= 0.6 is 0 Å². The first kappa shape index (κ1) is 15.9. The topological polar surface area (TPSA) is 95.9 Å². The monoisotopic (exact) mass is 319 g/mol. The van der Waals surface area contributed by atoms with Crippen LogP contribution in [-0.4, -0.2) is 49.0 Å². The van der Waals surface area contributed by atoms with Gasteiger partial charge in [0.15, 0.2) is 11.7 Å². The number of nitrogens with two attached hydrogens (primary N) is 1. The Balaban J connectivity index is 1.50. The lowest BCUT2D eigenvalue weighted by molar-refractivity contribution is 0.0972. The summed E-state index contributed by atoms with van der Waals surface area (Å²) in [6.07, 6.45) is 2.68. The minimum absolute atomic E-state index is 0.175. The van der Waals surface area contributed by atoms with Gasteiger partial charge in [-0.1, -0.05) is 6.92 Å². The number of hydrogen-bond donors (Lipinski definition) is 3. The van der Waals surface area contributed by atoms with Gasteiger partial charge in [-0.3, -0.25) is 14.7 Å². The second-order valence-electron chi connectivity index (χ2n) is 6.47. The van der Waals surface area contributed by atoms with E-state index in [9.17, 15) is 4.79 Å². The van der Waals surface area contributed by atoms with Crippen LogP contribution in [0, 0.1) is 5.92 Å². The Bertz CT molecular complexity index is 593. The van der Waals surface area contributed by atoms with Crippen molar-refractivity contribution in [3.8, 4) is 0 Å². The van der Waals surface area contributed by atoms with Crippen LogP contribution in [0.3, 0.4) is 0 Å². The Hall–Kier alpha value is -2.02. The number of carbonyl (C=O) groups is 1. The summed E-state index contributed by atoms with van der Waals surface area (Å²) in [7, 11) is 1.75. The van der Waals surface area contributed by atoms with Gasteiger partial charge in [-0.25, -0.2) is 0 Å². The third-order valence-corrected chi connectivity index (χ3v) is 4.58. The summed E-state index contributed by atoms with van der Waals surface area (Å²) in [5.74, 6) is 1.62. The van der Waals surface area contributed by atoms with Crippen molar-refractivity contribution in [2.24, 2.45) is 16.6 Å². The Morgan fingerprint density at radius 3 is 2.83 bits per heavy atom. The van der Waals surface area contributed by atoms with Crippen molar-refractivity contribution >= 4 is 11.9 Å². The molecule has 126 valence electrons. The van der Waals surface area contributed by atoms with Crippen LogP contribution in [-0.2, 0) is 6.54 Å². The number of nitrogens with zero attached hydrogens (tertiary/aromatic N) is 2. The van der Waals surface area contributed by atoms with Gasteiger partial charge >= 0.3 is 0 Å². The highest BCUT2D eigenvalue weighted by molar-refractivity contribution is 5.89. The summed E-state index contributed by atoms with van der Waals surface area (Å²) in [4.78, 5) is 17.9. The largest absolute Gasteiger partial charge is 0.454 e. The number of primary amides is 1. The molecule has 1 aliphatic carbocycles. The molecule has 1 aliphatic heterocycles. The fraction of sp³-hybridized carbons (Fsp3) is 0.625. The molecule has 1 saturated heterocycles. The predicted molar refractivity (Wildman–Crippen MR) is 88.1 cm³/mol. The molecular weight excluding hydrogens is 294 g/mol. The van der Waals surface area contributed by atoms with Crippen molar-refractivity contribution in [1.29, 1.82) is 0 Å². The zero-order valence-electron chi connectivity index (χ0n) is 13.7. The number of furan rings is 1. The predicted octanol–water partition coefficient (Wildman–Crippen LogP) is 0.526. The fourth-order valence-electron chi connectivity index (χ4n) is 3.08. The number of guanidine groups is 1. The summed E-state index contributed by atoms with van der Waals surface area (Å²) < 4.78 is 5.36. The summed E-state index contributed by atoms with van der Waals surface area (Å²) >= 11 is 0. The second kappa shape index (κ2) is 6.62. The van der Waals surface area contributed by atoms with Crippen molar-refractivity contribution in [2.75, 3.05) is 20.1 Å². The molecule has 2 unspecified atom stereocenters. The van der Waals surface area contributed by atoms with E-state index >= 15 is 0 Å². The molecule has 2 atom stereocenters. The number of nitrogens with one attached hydrogen (secondary N) is 2. The highest BCUT2D eigenvalue weighted by Gasteiger charge is 2.38. The smallest absolute Gasteiger partial charge is 0.284 e. The van der Waals surface area contributed by atoms with Gasteiger partial charge in [0.05, 0.1) is 6.54 Å². The number of amides is 1. The van der Waals surface area contributed by atoms with Crippen molar-refractivity contribution in [1.82, 2.24) is 15.5 Å². The van der Waals surface area contributed by atoms with Gasteiger partial charge in [0.25, 0.3) is 5.91 Å². The standard InChI is InChI=1S/C16H25N5O2/c1-10-8-21(11-3-4-11)9-13(10)20-16(18-2)19-7-12-5-6-14(23-12)15(17)22/h5-6,10-11,13H,3-4,7-9H2,1-2H3,(H2,17,22)(H2,18,19,20). The van der Waals surface area contributed by atoms with E-state index in [0.29, 0.717) is 24.3 Å². The zero-order valence-corrected chi connectivity index (χ0v) is 13.7. The second-order valence-corrected chi connectivity index (χ2v) is 6.47. The molecule has 2 aliphatic rings. The van der Waals surface area contributed by atoms with E-state index in [-0.39, 0.29) is 5.76 Å². The van der Waals surface area contributed by atoms with Gasteiger partial charge in [-0.2, -0.15) is 0 Å². The molecule has 2 fully saturated rings. The van der Waals surface area contributed by atoms with Crippen LogP contribution in [0.25, 0.3) is 0 Å². The lowest BCUT2D eigenvalue weighted by Gasteiger charge is -2.20. The maximum Gasteiger partial charge on any atom is 0.284 e. The van der Waals surface area contributed by atoms with Crippen molar-refractivity contribution < 1.29 is 9.21 Å². The van der Waals surface area contributed by atoms with E-state index < -0.39 is 5.91 Å². The Morgan fingerprint density at radius 2 is 2.22 bits per heavy atom. The molecule has 1 aromatic rings. The van der Waals surface area contributed by atoms with Crippen LogP contribution in [0.2, 0.25) is 0 Å². The van der Waals surface area contributed by atoms with E-state index in [1.165, 1.54) is 12.8 Å². The molecule has 7 heteroatoms. The van der Waals surface area contributed by atoms with Crippen molar-refractivity contribution in [3.63, 3.8) is 0 Å². The Labute approximate surface area is 136 Å². The Morgan fingerprint density at radius 1 is 1.43 bits per heavy atom. The summed E-state index contributed by atoms with van der Waals surface area (Å²) in [5, 5.41) is 6.71. The van der Waals surface area contributed by atoms with E-state index in [4.69, 9.17) is 10.2 Å². The Kier molecular flexibility index (Phi) is 4.56. The van der Waals surface area contributed by atoms with Gasteiger partial charge in [0.1, 0.15) is 5.76 Å². The van der Waals surface area contributed by atoms with Crippen LogP contribution in [0.1, 0.15) is 36.1 Å². The molecule has 7 nitrogen and oxygen atoms in total. The molecule has 0 spiro atoms. The third-order valence-electron chi connectivity index (χ3n) is 4.58. The molecule has 4 N–H and O–H groups in total. The molecule has 0 bridgehead atoms. The minimum atomic E-state index is -0.557. The third kappa shape index (κ3) is 3.85. The highest BCUT2D eigenvalue weighted by Crippen LogP contribution is 2.31. The normalized spacial score (nSPS) is 25.6. The SMILES string of the molecule is CN=C(NCc1ccc(C(N)=O)o1)NC1CN(C2CC2)CC1C. The quantitative estimate of drug-likeness (QED) is 0.543. The molecule has 23 heavy (non-hydrogen) atoms. The van der Waals surface area contributed by atoms with Crippen LogP contribution in [0.4, 0.5) is 0 Å². The van der Waals surface area contributed by atoms with Gasteiger partial charge in [-0.15, -0.1) is 0 Å². The van der Waals surface area contributed by atoms with Gasteiger partial charge in [0, 0.05) is 32.2 Å². The molecule has 2 heterocycles. The first-order valence-electron chi connectivity index (χ1n) is 8.16. The maximum atomic E-state index is 11.0.